The van der Waals surface area contributed by atoms with Crippen LogP contribution in [-0.4, -0.2) is 70.0 Å². The molecule has 0 fully saturated rings. The number of hydrogen-bond acceptors (Lipinski definition) is 8. The second kappa shape index (κ2) is 35.5. The number of phosphoric acid groups is 1. The van der Waals surface area contributed by atoms with Crippen LogP contribution in [0.2, 0.25) is 0 Å². The summed E-state index contributed by atoms with van der Waals surface area (Å²) in [6.07, 6.45) is 35.2. The molecule has 0 saturated heterocycles. The molecule has 0 spiro atoms. The minimum atomic E-state index is -4.61. The molecule has 0 aromatic heterocycles. The maximum atomic E-state index is 12.6. The standard InChI is InChI=1S/C42H82NO8P/c1-6-8-10-12-14-16-18-19-20-21-22-23-25-27-29-31-33-35-42(45)51-40(39-50-52(46,47)49-37-36-43(3,4)5)38-48-41(44)34-32-30-28-26-24-17-15-13-11-9-7-2/h16,18,40H,6-15,17,19-39H2,1-5H3/b18-16+/t40-/m1/s1. The van der Waals surface area contributed by atoms with Gasteiger partial charge in [-0.1, -0.05) is 154 Å². The first-order valence-corrected chi connectivity index (χ1v) is 22.9. The zero-order chi connectivity index (χ0) is 38.6. The Morgan fingerprint density at radius 2 is 0.981 bits per heavy atom. The Morgan fingerprint density at radius 3 is 1.44 bits per heavy atom. The molecule has 0 radical (unpaired) electrons. The van der Waals surface area contributed by atoms with E-state index in [9.17, 15) is 19.0 Å². The third-order valence-electron chi connectivity index (χ3n) is 9.29. The molecule has 1 unspecified atom stereocenters. The number of esters is 2. The van der Waals surface area contributed by atoms with Crippen molar-refractivity contribution in [2.45, 2.75) is 200 Å². The molecule has 308 valence electrons. The van der Waals surface area contributed by atoms with Gasteiger partial charge in [-0.15, -0.1) is 0 Å². The lowest BCUT2D eigenvalue weighted by Crippen LogP contribution is -2.37. The highest BCUT2D eigenvalue weighted by molar-refractivity contribution is 7.45. The van der Waals surface area contributed by atoms with Gasteiger partial charge in [-0.2, -0.15) is 0 Å². The average molecular weight is 760 g/mol. The molecule has 0 saturated carbocycles. The van der Waals surface area contributed by atoms with E-state index in [1.165, 1.54) is 122 Å². The van der Waals surface area contributed by atoms with Crippen molar-refractivity contribution in [1.29, 1.82) is 0 Å². The fourth-order valence-electron chi connectivity index (χ4n) is 5.88. The van der Waals surface area contributed by atoms with Gasteiger partial charge < -0.3 is 27.9 Å². The van der Waals surface area contributed by atoms with Crippen LogP contribution < -0.4 is 4.89 Å². The zero-order valence-corrected chi connectivity index (χ0v) is 35.4. The number of unbranched alkanes of at least 4 members (excludes halogenated alkanes) is 23. The number of carbonyl (C=O) groups excluding carboxylic acids is 2. The normalized spacial score (nSPS) is 13.7. The molecule has 0 aromatic carbocycles. The number of quaternary nitrogens is 1. The second-order valence-corrected chi connectivity index (χ2v) is 17.1. The van der Waals surface area contributed by atoms with Gasteiger partial charge in [0.15, 0.2) is 6.10 Å². The smallest absolute Gasteiger partial charge is 0.306 e. The van der Waals surface area contributed by atoms with Gasteiger partial charge in [0.2, 0.25) is 0 Å². The van der Waals surface area contributed by atoms with Crippen molar-refractivity contribution in [3.63, 3.8) is 0 Å². The molecule has 0 aliphatic carbocycles. The molecular weight excluding hydrogens is 677 g/mol. The summed E-state index contributed by atoms with van der Waals surface area (Å²) in [5.41, 5.74) is 0. The van der Waals surface area contributed by atoms with Crippen LogP contribution >= 0.6 is 7.82 Å². The van der Waals surface area contributed by atoms with Crippen LogP contribution in [0.15, 0.2) is 12.2 Å². The number of ether oxygens (including phenoxy) is 2. The van der Waals surface area contributed by atoms with Crippen LogP contribution in [-0.2, 0) is 32.7 Å². The first-order valence-electron chi connectivity index (χ1n) is 21.4. The van der Waals surface area contributed by atoms with Gasteiger partial charge in [0, 0.05) is 12.8 Å². The van der Waals surface area contributed by atoms with Crippen molar-refractivity contribution >= 4 is 19.8 Å². The summed E-state index contributed by atoms with van der Waals surface area (Å²) in [4.78, 5) is 37.4. The maximum absolute atomic E-state index is 12.6. The van der Waals surface area contributed by atoms with E-state index in [1.807, 2.05) is 21.1 Å². The van der Waals surface area contributed by atoms with E-state index in [4.69, 9.17) is 18.5 Å². The summed E-state index contributed by atoms with van der Waals surface area (Å²) in [6.45, 7) is 4.22. The van der Waals surface area contributed by atoms with Crippen LogP contribution in [0.5, 0.6) is 0 Å². The SMILES string of the molecule is CCCCCC/C=C/CCCCCCCCCCCC(=O)O[C@H](COC(=O)CCCCCCCCCCCCC)COP(=O)([O-])OCC[N+](C)(C)C. The van der Waals surface area contributed by atoms with E-state index in [-0.39, 0.29) is 32.0 Å². The highest BCUT2D eigenvalue weighted by Gasteiger charge is 2.21. The van der Waals surface area contributed by atoms with Crippen LogP contribution in [0.4, 0.5) is 0 Å². The Labute approximate surface area is 320 Å². The summed E-state index contributed by atoms with van der Waals surface area (Å²) < 4.78 is 33.8. The van der Waals surface area contributed by atoms with E-state index in [2.05, 4.69) is 26.0 Å². The molecule has 2 atom stereocenters. The number of carbonyl (C=O) groups is 2. The van der Waals surface area contributed by atoms with Gasteiger partial charge in [-0.25, -0.2) is 0 Å². The molecule has 0 heterocycles. The Hall–Kier alpha value is -1.25. The minimum absolute atomic E-state index is 0.0282. The van der Waals surface area contributed by atoms with Gasteiger partial charge in [-0.3, -0.25) is 14.2 Å². The summed E-state index contributed by atoms with van der Waals surface area (Å²) >= 11 is 0. The number of allylic oxidation sites excluding steroid dienone is 2. The quantitative estimate of drug-likeness (QED) is 0.0200. The third kappa shape index (κ3) is 38.5. The summed E-state index contributed by atoms with van der Waals surface area (Å²) in [7, 11) is 1.17. The van der Waals surface area contributed by atoms with Gasteiger partial charge in [0.1, 0.15) is 19.8 Å². The Balaban J connectivity index is 4.33. The predicted molar refractivity (Wildman–Crippen MR) is 213 cm³/mol. The van der Waals surface area contributed by atoms with E-state index in [0.717, 1.165) is 38.5 Å². The molecular formula is C42H82NO8P. The molecule has 0 bridgehead atoms. The first-order chi connectivity index (χ1) is 25.0. The second-order valence-electron chi connectivity index (χ2n) is 15.7. The lowest BCUT2D eigenvalue weighted by molar-refractivity contribution is -0.870. The Kier molecular flexibility index (Phi) is 34.6. The van der Waals surface area contributed by atoms with E-state index >= 15 is 0 Å². The van der Waals surface area contributed by atoms with Crippen LogP contribution in [0.1, 0.15) is 194 Å². The number of rotatable bonds is 39. The van der Waals surface area contributed by atoms with Crippen LogP contribution in [0.3, 0.4) is 0 Å². The lowest BCUT2D eigenvalue weighted by Gasteiger charge is -2.28. The molecule has 10 heteroatoms. The van der Waals surface area contributed by atoms with Gasteiger partial charge in [0.25, 0.3) is 7.82 Å². The zero-order valence-electron chi connectivity index (χ0n) is 34.5. The molecule has 0 aliphatic heterocycles. The summed E-state index contributed by atoms with van der Waals surface area (Å²) in [6, 6.07) is 0. The molecule has 0 N–H and O–H groups in total. The lowest BCUT2D eigenvalue weighted by atomic mass is 10.1. The van der Waals surface area contributed by atoms with E-state index < -0.39 is 26.5 Å². The van der Waals surface area contributed by atoms with E-state index in [0.29, 0.717) is 17.4 Å². The van der Waals surface area contributed by atoms with Crippen molar-refractivity contribution < 1.29 is 42.1 Å². The molecule has 9 nitrogen and oxygen atoms in total. The predicted octanol–water partition coefficient (Wildman–Crippen LogP) is 11.2. The first kappa shape index (κ1) is 50.8. The van der Waals surface area contributed by atoms with Crippen molar-refractivity contribution in [1.82, 2.24) is 0 Å². The fourth-order valence-corrected chi connectivity index (χ4v) is 6.61. The third-order valence-corrected chi connectivity index (χ3v) is 10.2. The van der Waals surface area contributed by atoms with Gasteiger partial charge >= 0.3 is 11.9 Å². The van der Waals surface area contributed by atoms with Gasteiger partial charge in [-0.05, 0) is 38.5 Å². The average Bonchev–Trinajstić information content (AvgIpc) is 3.09. The summed E-state index contributed by atoms with van der Waals surface area (Å²) in [5, 5.41) is 0. The molecule has 0 rings (SSSR count). The molecule has 52 heavy (non-hydrogen) atoms. The van der Waals surface area contributed by atoms with Crippen molar-refractivity contribution in [3.8, 4) is 0 Å². The van der Waals surface area contributed by atoms with Crippen molar-refractivity contribution in [2.75, 3.05) is 47.5 Å². The number of likely N-dealkylation sites (N-methyl/N-ethyl adjacent to an activating group) is 1. The van der Waals surface area contributed by atoms with Gasteiger partial charge in [0.05, 0.1) is 27.7 Å². The Morgan fingerprint density at radius 1 is 0.577 bits per heavy atom. The number of hydrogen-bond donors (Lipinski definition) is 0. The largest absolute Gasteiger partial charge is 0.756 e. The molecule has 0 aliphatic rings. The fraction of sp³-hybridized carbons (Fsp3) is 0.905. The maximum Gasteiger partial charge on any atom is 0.306 e. The Bertz CT molecular complexity index is 907. The highest BCUT2D eigenvalue weighted by Crippen LogP contribution is 2.38. The number of phosphoric ester groups is 1. The summed E-state index contributed by atoms with van der Waals surface area (Å²) in [5.74, 6) is -0.830. The molecule has 0 aromatic rings. The minimum Gasteiger partial charge on any atom is -0.756 e. The van der Waals surface area contributed by atoms with Crippen molar-refractivity contribution in [3.05, 3.63) is 12.2 Å². The van der Waals surface area contributed by atoms with E-state index in [1.54, 1.807) is 0 Å². The molecule has 0 amide bonds. The topological polar surface area (TPSA) is 111 Å². The van der Waals surface area contributed by atoms with Crippen molar-refractivity contribution in [2.24, 2.45) is 0 Å². The van der Waals surface area contributed by atoms with Crippen LogP contribution in [0.25, 0.3) is 0 Å². The monoisotopic (exact) mass is 760 g/mol. The number of nitrogens with zero attached hydrogens (tertiary/aromatic N) is 1. The highest BCUT2D eigenvalue weighted by atomic mass is 31.2. The van der Waals surface area contributed by atoms with Crippen LogP contribution in [0, 0.1) is 0 Å².